The van der Waals surface area contributed by atoms with Crippen LogP contribution < -0.4 is 10.1 Å². The predicted octanol–water partition coefficient (Wildman–Crippen LogP) is 4.19. The summed E-state index contributed by atoms with van der Waals surface area (Å²) in [5.41, 5.74) is 1.13. The van der Waals surface area contributed by atoms with E-state index in [0.717, 1.165) is 63.7 Å². The molecule has 1 N–H and O–H groups in total. The third-order valence-corrected chi connectivity index (χ3v) is 7.63. The number of hydrogen-bond acceptors (Lipinski definition) is 3. The van der Waals surface area contributed by atoms with Gasteiger partial charge in [-0.3, -0.25) is 9.59 Å². The Balaban J connectivity index is 1.44. The second-order valence-electron chi connectivity index (χ2n) is 9.43. The quantitative estimate of drug-likeness (QED) is 0.762. The highest BCUT2D eigenvalue weighted by Gasteiger charge is 2.41. The molecule has 5 heteroatoms. The number of carbonyl (C=O) groups is 2. The summed E-state index contributed by atoms with van der Waals surface area (Å²) in [4.78, 5) is 28.1. The van der Waals surface area contributed by atoms with Crippen LogP contribution in [0.5, 0.6) is 5.75 Å². The molecule has 0 bridgehead atoms. The number of benzene rings is 1. The van der Waals surface area contributed by atoms with E-state index in [1.807, 2.05) is 17.0 Å². The van der Waals surface area contributed by atoms with Crippen LogP contribution in [0, 0.1) is 5.92 Å². The van der Waals surface area contributed by atoms with Crippen molar-refractivity contribution >= 4 is 11.8 Å². The Morgan fingerprint density at radius 2 is 1.77 bits per heavy atom. The monoisotopic (exact) mass is 412 g/mol. The minimum absolute atomic E-state index is 0.0258. The summed E-state index contributed by atoms with van der Waals surface area (Å²) >= 11 is 0. The van der Waals surface area contributed by atoms with Gasteiger partial charge in [0.25, 0.3) is 0 Å². The molecule has 1 aliphatic heterocycles. The van der Waals surface area contributed by atoms with Crippen molar-refractivity contribution in [2.24, 2.45) is 5.92 Å². The van der Waals surface area contributed by atoms with Crippen LogP contribution in [0.15, 0.2) is 24.3 Å². The van der Waals surface area contributed by atoms with Gasteiger partial charge in [0.05, 0.1) is 7.11 Å². The maximum Gasteiger partial charge on any atom is 0.242 e. The molecule has 3 aliphatic rings. The highest BCUT2D eigenvalue weighted by molar-refractivity contribution is 5.89. The summed E-state index contributed by atoms with van der Waals surface area (Å²) in [6.45, 7) is 1.35. The van der Waals surface area contributed by atoms with Crippen LogP contribution in [0.25, 0.3) is 0 Å². The Morgan fingerprint density at radius 3 is 2.50 bits per heavy atom. The second kappa shape index (κ2) is 9.40. The number of methoxy groups -OCH3 is 1. The fourth-order valence-corrected chi connectivity index (χ4v) is 5.94. The van der Waals surface area contributed by atoms with Gasteiger partial charge in [0.2, 0.25) is 11.8 Å². The van der Waals surface area contributed by atoms with Gasteiger partial charge < -0.3 is 15.0 Å². The van der Waals surface area contributed by atoms with Gasteiger partial charge in [-0.05, 0) is 44.6 Å². The van der Waals surface area contributed by atoms with E-state index >= 15 is 0 Å². The van der Waals surface area contributed by atoms with Crippen molar-refractivity contribution in [3.63, 3.8) is 0 Å². The van der Waals surface area contributed by atoms with Crippen LogP contribution in [0.4, 0.5) is 0 Å². The summed E-state index contributed by atoms with van der Waals surface area (Å²) in [6.07, 6.45) is 11.7. The highest BCUT2D eigenvalue weighted by atomic mass is 16.5. The van der Waals surface area contributed by atoms with Crippen LogP contribution in [0.1, 0.15) is 76.2 Å². The average molecular weight is 413 g/mol. The fraction of sp³-hybridized carbons (Fsp3) is 0.680. The molecule has 0 aromatic heterocycles. The molecule has 1 unspecified atom stereocenters. The zero-order chi connectivity index (χ0) is 21.0. The smallest absolute Gasteiger partial charge is 0.242 e. The molecular weight excluding hydrogens is 376 g/mol. The summed E-state index contributed by atoms with van der Waals surface area (Å²) in [7, 11) is 1.72. The fourth-order valence-electron chi connectivity index (χ4n) is 5.94. The summed E-state index contributed by atoms with van der Waals surface area (Å²) in [5.74, 6) is 1.27. The number of hydrogen-bond donors (Lipinski definition) is 1. The topological polar surface area (TPSA) is 58.6 Å². The molecule has 1 aromatic carbocycles. The van der Waals surface area contributed by atoms with E-state index in [-0.39, 0.29) is 29.2 Å². The average Bonchev–Trinajstić information content (AvgIpc) is 3.48. The van der Waals surface area contributed by atoms with Crippen molar-refractivity contribution in [3.8, 4) is 5.75 Å². The van der Waals surface area contributed by atoms with E-state index in [4.69, 9.17) is 4.74 Å². The van der Waals surface area contributed by atoms with E-state index in [2.05, 4.69) is 17.4 Å². The number of nitrogens with zero attached hydrogens (tertiary/aromatic N) is 1. The minimum atomic E-state index is -0.296. The molecule has 5 nitrogen and oxygen atoms in total. The summed E-state index contributed by atoms with van der Waals surface area (Å²) in [5, 5.41) is 3.26. The standard InChI is InChI=1S/C25H36N2O3/c1-30-22-14-6-5-12-20(22)25(15-7-8-16-25)18-26-23(28)21-13-9-17-27(21)24(29)19-10-3-2-4-11-19/h5-6,12,14,19,21H,2-4,7-11,13,15-18H2,1H3,(H,26,28). The van der Waals surface area contributed by atoms with Crippen LogP contribution >= 0.6 is 0 Å². The van der Waals surface area contributed by atoms with Crippen molar-refractivity contribution in [3.05, 3.63) is 29.8 Å². The largest absolute Gasteiger partial charge is 0.496 e. The van der Waals surface area contributed by atoms with Crippen molar-refractivity contribution in [2.45, 2.75) is 82.1 Å². The van der Waals surface area contributed by atoms with E-state index < -0.39 is 0 Å². The highest BCUT2D eigenvalue weighted by Crippen LogP contribution is 2.44. The number of likely N-dealkylation sites (tertiary alicyclic amines) is 1. The first kappa shape index (κ1) is 21.2. The van der Waals surface area contributed by atoms with Gasteiger partial charge in [0.1, 0.15) is 11.8 Å². The van der Waals surface area contributed by atoms with E-state index in [9.17, 15) is 9.59 Å². The van der Waals surface area contributed by atoms with Gasteiger partial charge in [-0.2, -0.15) is 0 Å². The minimum Gasteiger partial charge on any atom is -0.496 e. The Kier molecular flexibility index (Phi) is 6.64. The zero-order valence-corrected chi connectivity index (χ0v) is 18.3. The Hall–Kier alpha value is -2.04. The van der Waals surface area contributed by atoms with Crippen LogP contribution in [0.3, 0.4) is 0 Å². The zero-order valence-electron chi connectivity index (χ0n) is 18.3. The Labute approximate surface area is 180 Å². The summed E-state index contributed by atoms with van der Waals surface area (Å²) < 4.78 is 5.64. The number of rotatable bonds is 6. The first-order valence-corrected chi connectivity index (χ1v) is 11.9. The molecule has 2 amide bonds. The molecule has 1 atom stereocenters. The SMILES string of the molecule is COc1ccccc1C1(CNC(=O)C2CCCN2C(=O)C2CCCCC2)CCCC1. The molecule has 30 heavy (non-hydrogen) atoms. The van der Waals surface area contributed by atoms with Crippen molar-refractivity contribution in [1.29, 1.82) is 0 Å². The lowest BCUT2D eigenvalue weighted by molar-refractivity contribution is -0.142. The van der Waals surface area contributed by atoms with Crippen LogP contribution in [-0.4, -0.2) is 43.0 Å². The maximum absolute atomic E-state index is 13.2. The van der Waals surface area contributed by atoms with E-state index in [0.29, 0.717) is 6.54 Å². The molecule has 3 fully saturated rings. The van der Waals surface area contributed by atoms with Crippen LogP contribution in [0.2, 0.25) is 0 Å². The van der Waals surface area contributed by atoms with Gasteiger partial charge in [0.15, 0.2) is 0 Å². The van der Waals surface area contributed by atoms with Gasteiger partial charge in [-0.1, -0.05) is 50.3 Å². The number of nitrogens with one attached hydrogen (secondary N) is 1. The molecule has 1 aromatic rings. The molecule has 2 aliphatic carbocycles. The van der Waals surface area contributed by atoms with Gasteiger partial charge >= 0.3 is 0 Å². The molecule has 1 heterocycles. The Morgan fingerprint density at radius 1 is 1.03 bits per heavy atom. The van der Waals surface area contributed by atoms with Gasteiger partial charge in [-0.25, -0.2) is 0 Å². The molecular formula is C25H36N2O3. The molecule has 164 valence electrons. The number of carbonyl (C=O) groups excluding carboxylic acids is 2. The molecule has 0 radical (unpaired) electrons. The predicted molar refractivity (Wildman–Crippen MR) is 117 cm³/mol. The lowest BCUT2D eigenvalue weighted by Crippen LogP contribution is -2.50. The van der Waals surface area contributed by atoms with Crippen molar-refractivity contribution in [1.82, 2.24) is 10.2 Å². The molecule has 1 saturated heterocycles. The Bertz CT molecular complexity index is 751. The third-order valence-electron chi connectivity index (χ3n) is 7.63. The van der Waals surface area contributed by atoms with Crippen molar-refractivity contribution in [2.75, 3.05) is 20.2 Å². The van der Waals surface area contributed by atoms with Crippen molar-refractivity contribution < 1.29 is 14.3 Å². The summed E-state index contributed by atoms with van der Waals surface area (Å²) in [6, 6.07) is 7.91. The number of amides is 2. The first-order valence-electron chi connectivity index (χ1n) is 11.9. The third kappa shape index (κ3) is 4.21. The van der Waals surface area contributed by atoms with Gasteiger partial charge in [-0.15, -0.1) is 0 Å². The maximum atomic E-state index is 13.2. The second-order valence-corrected chi connectivity index (χ2v) is 9.43. The molecule has 4 rings (SSSR count). The van der Waals surface area contributed by atoms with Gasteiger partial charge in [0, 0.05) is 30.0 Å². The first-order chi connectivity index (χ1) is 14.6. The molecule has 2 saturated carbocycles. The van der Waals surface area contributed by atoms with E-state index in [1.165, 1.54) is 24.8 Å². The molecule has 0 spiro atoms. The number of ether oxygens (including phenoxy) is 1. The normalized spacial score (nSPS) is 24.0. The van der Waals surface area contributed by atoms with Crippen LogP contribution in [-0.2, 0) is 15.0 Å². The van der Waals surface area contributed by atoms with E-state index in [1.54, 1.807) is 7.11 Å². The number of para-hydroxylation sites is 1. The lowest BCUT2D eigenvalue weighted by atomic mass is 9.78. The lowest BCUT2D eigenvalue weighted by Gasteiger charge is -2.33.